The van der Waals surface area contributed by atoms with Crippen LogP contribution in [-0.4, -0.2) is 25.9 Å². The van der Waals surface area contributed by atoms with E-state index >= 15 is 0 Å². The van der Waals surface area contributed by atoms with Crippen LogP contribution in [0.3, 0.4) is 0 Å². The summed E-state index contributed by atoms with van der Waals surface area (Å²) in [4.78, 5) is 31.0. The van der Waals surface area contributed by atoms with Crippen molar-refractivity contribution in [3.8, 4) is 0 Å². The molecule has 4 rings (SSSR count). The van der Waals surface area contributed by atoms with Crippen LogP contribution in [0.15, 0.2) is 82.6 Å². The number of nitrogens with zero attached hydrogens (tertiary/aromatic N) is 2. The van der Waals surface area contributed by atoms with Gasteiger partial charge in [0.1, 0.15) is 5.82 Å². The summed E-state index contributed by atoms with van der Waals surface area (Å²) >= 11 is 7.17. The average molecular weight is 453 g/mol. The Bertz CT molecular complexity index is 1190. The number of anilines is 2. The van der Waals surface area contributed by atoms with Crippen molar-refractivity contribution >= 4 is 52.1 Å². The molecule has 0 atom stereocenters. The quantitative estimate of drug-likeness (QED) is 0.471. The molecule has 0 N–H and O–H groups in total. The number of amides is 2. The maximum Gasteiger partial charge on any atom is 0.272 e. The number of halogens is 2. The Kier molecular flexibility index (Phi) is 5.85. The molecule has 0 spiro atoms. The fraction of sp³-hybridized carbons (Fsp3) is 0.0833. The van der Waals surface area contributed by atoms with Crippen LogP contribution in [-0.2, 0) is 9.59 Å². The van der Waals surface area contributed by atoms with E-state index in [9.17, 15) is 14.0 Å². The van der Waals surface area contributed by atoms with E-state index in [4.69, 9.17) is 11.6 Å². The zero-order chi connectivity index (χ0) is 22.1. The van der Waals surface area contributed by atoms with E-state index in [-0.39, 0.29) is 10.5 Å². The molecule has 0 aromatic heterocycles. The van der Waals surface area contributed by atoms with E-state index in [0.717, 1.165) is 10.6 Å². The lowest BCUT2D eigenvalue weighted by molar-refractivity contribution is -0.119. The van der Waals surface area contributed by atoms with Crippen molar-refractivity contribution in [2.45, 2.75) is 4.90 Å². The molecule has 0 aliphatic carbocycles. The summed E-state index contributed by atoms with van der Waals surface area (Å²) in [6, 6.07) is 19.8. The molecule has 0 unspecified atom stereocenters. The van der Waals surface area contributed by atoms with Crippen LogP contribution in [0.2, 0.25) is 5.02 Å². The summed E-state index contributed by atoms with van der Waals surface area (Å²) in [5.41, 5.74) is 2.08. The molecule has 1 aliphatic heterocycles. The zero-order valence-corrected chi connectivity index (χ0v) is 18.4. The first-order chi connectivity index (χ1) is 14.8. The van der Waals surface area contributed by atoms with E-state index in [0.29, 0.717) is 16.3 Å². The molecule has 0 fully saturated rings. The Morgan fingerprint density at radius 3 is 2.23 bits per heavy atom. The molecule has 0 bridgehead atoms. The van der Waals surface area contributed by atoms with E-state index < -0.39 is 17.6 Å². The molecular weight excluding hydrogens is 435 g/mol. The maximum atomic E-state index is 13.5. The topological polar surface area (TPSA) is 40.6 Å². The molecule has 0 radical (unpaired) electrons. The molecule has 3 aromatic carbocycles. The molecule has 3 aromatic rings. The minimum absolute atomic E-state index is 0.250. The Morgan fingerprint density at radius 2 is 1.58 bits per heavy atom. The third-order valence-corrected chi connectivity index (χ3v) is 6.15. The standard InChI is InChI=1S/C24H18ClFN2O2S/c1-27(2)18-4-3-5-19(14-18)28-23(29)21(15-6-10-17(26)11-7-15)22(24(28)30)31-20-12-8-16(25)9-13-20/h3-14H,1-2H3. The molecule has 1 aliphatic rings. The first-order valence-corrected chi connectivity index (χ1v) is 10.6. The van der Waals surface area contributed by atoms with Crippen LogP contribution in [0.4, 0.5) is 15.8 Å². The maximum absolute atomic E-state index is 13.5. The molecule has 1 heterocycles. The Hall–Kier alpha value is -3.09. The number of thioether (sulfide) groups is 1. The van der Waals surface area contributed by atoms with Gasteiger partial charge in [0, 0.05) is 29.7 Å². The Morgan fingerprint density at radius 1 is 0.903 bits per heavy atom. The fourth-order valence-electron chi connectivity index (χ4n) is 3.24. The van der Waals surface area contributed by atoms with E-state index in [2.05, 4.69) is 0 Å². The summed E-state index contributed by atoms with van der Waals surface area (Å²) < 4.78 is 13.5. The summed E-state index contributed by atoms with van der Waals surface area (Å²) in [7, 11) is 3.77. The third kappa shape index (κ3) is 4.22. The average Bonchev–Trinajstić information content (AvgIpc) is 3.00. The molecule has 0 saturated carbocycles. The molecule has 156 valence electrons. The monoisotopic (exact) mass is 452 g/mol. The van der Waals surface area contributed by atoms with Crippen molar-refractivity contribution in [1.29, 1.82) is 0 Å². The number of carbonyl (C=O) groups excluding carboxylic acids is 2. The van der Waals surface area contributed by atoms with Crippen LogP contribution in [0.25, 0.3) is 5.57 Å². The molecule has 31 heavy (non-hydrogen) atoms. The summed E-state index contributed by atoms with van der Waals surface area (Å²) in [5, 5.41) is 0.577. The van der Waals surface area contributed by atoms with Crippen molar-refractivity contribution in [3.05, 3.63) is 94.1 Å². The van der Waals surface area contributed by atoms with Gasteiger partial charge in [-0.2, -0.15) is 0 Å². The highest BCUT2D eigenvalue weighted by Gasteiger charge is 2.40. The first kappa shape index (κ1) is 21.2. The van der Waals surface area contributed by atoms with Crippen molar-refractivity contribution < 1.29 is 14.0 Å². The van der Waals surface area contributed by atoms with Gasteiger partial charge >= 0.3 is 0 Å². The predicted octanol–water partition coefficient (Wildman–Crippen LogP) is 5.62. The zero-order valence-electron chi connectivity index (χ0n) is 16.8. The Labute approximate surface area is 188 Å². The summed E-state index contributed by atoms with van der Waals surface area (Å²) in [6.45, 7) is 0. The smallest absolute Gasteiger partial charge is 0.272 e. The number of imide groups is 1. The van der Waals surface area contributed by atoms with E-state index in [1.807, 2.05) is 25.1 Å². The van der Waals surface area contributed by atoms with Crippen molar-refractivity contribution in [3.63, 3.8) is 0 Å². The van der Waals surface area contributed by atoms with Crippen LogP contribution >= 0.6 is 23.4 Å². The van der Waals surface area contributed by atoms with Gasteiger partial charge < -0.3 is 4.90 Å². The third-order valence-electron chi connectivity index (χ3n) is 4.81. The molecule has 2 amide bonds. The Balaban J connectivity index is 1.81. The minimum Gasteiger partial charge on any atom is -0.378 e. The fourth-order valence-corrected chi connectivity index (χ4v) is 4.36. The number of carbonyl (C=O) groups is 2. The second kappa shape index (κ2) is 8.57. The van der Waals surface area contributed by atoms with E-state index in [1.54, 1.807) is 42.5 Å². The molecule has 0 saturated heterocycles. The number of rotatable bonds is 5. The number of benzene rings is 3. The lowest BCUT2D eigenvalue weighted by Crippen LogP contribution is -2.31. The molecule has 4 nitrogen and oxygen atoms in total. The number of hydrogen-bond acceptors (Lipinski definition) is 4. The van der Waals surface area contributed by atoms with Gasteiger partial charge in [-0.25, -0.2) is 9.29 Å². The summed E-state index contributed by atoms with van der Waals surface area (Å²) in [6.07, 6.45) is 0. The second-order valence-electron chi connectivity index (χ2n) is 7.13. The van der Waals surface area contributed by atoms with Gasteiger partial charge in [0.2, 0.25) is 0 Å². The van der Waals surface area contributed by atoms with Gasteiger partial charge in [0.25, 0.3) is 11.8 Å². The van der Waals surface area contributed by atoms with Crippen molar-refractivity contribution in [2.24, 2.45) is 0 Å². The van der Waals surface area contributed by atoms with Gasteiger partial charge in [-0.15, -0.1) is 0 Å². The van der Waals surface area contributed by atoms with Crippen LogP contribution in [0, 0.1) is 5.82 Å². The minimum atomic E-state index is -0.441. The van der Waals surface area contributed by atoms with Crippen LogP contribution in [0.1, 0.15) is 5.56 Å². The first-order valence-electron chi connectivity index (χ1n) is 9.45. The SMILES string of the molecule is CN(C)c1cccc(N2C(=O)C(Sc3ccc(Cl)cc3)=C(c3ccc(F)cc3)C2=O)c1. The second-order valence-corrected chi connectivity index (χ2v) is 8.65. The summed E-state index contributed by atoms with van der Waals surface area (Å²) in [5.74, 6) is -1.27. The van der Waals surface area contributed by atoms with Crippen LogP contribution in [0.5, 0.6) is 0 Å². The lowest BCUT2D eigenvalue weighted by Gasteiger charge is -2.19. The van der Waals surface area contributed by atoms with Gasteiger partial charge in [0.05, 0.1) is 16.2 Å². The van der Waals surface area contributed by atoms with Gasteiger partial charge in [-0.05, 0) is 60.2 Å². The highest BCUT2D eigenvalue weighted by Crippen LogP contribution is 2.42. The van der Waals surface area contributed by atoms with Gasteiger partial charge in [-0.3, -0.25) is 9.59 Å². The lowest BCUT2D eigenvalue weighted by atomic mass is 10.1. The molecular formula is C24H18ClFN2O2S. The van der Waals surface area contributed by atoms with Gasteiger partial charge in [-0.1, -0.05) is 41.6 Å². The van der Waals surface area contributed by atoms with Gasteiger partial charge in [0.15, 0.2) is 0 Å². The largest absolute Gasteiger partial charge is 0.378 e. The highest BCUT2D eigenvalue weighted by molar-refractivity contribution is 8.04. The van der Waals surface area contributed by atoms with Crippen LogP contribution < -0.4 is 9.80 Å². The normalized spacial score (nSPS) is 13.9. The highest BCUT2D eigenvalue weighted by atomic mass is 35.5. The molecule has 7 heteroatoms. The van der Waals surface area contributed by atoms with Crippen molar-refractivity contribution in [1.82, 2.24) is 0 Å². The van der Waals surface area contributed by atoms with E-state index in [1.165, 1.54) is 40.9 Å². The predicted molar refractivity (Wildman–Crippen MR) is 124 cm³/mol. The van der Waals surface area contributed by atoms with Crippen molar-refractivity contribution in [2.75, 3.05) is 23.9 Å². The number of hydrogen-bond donors (Lipinski definition) is 0.